The Bertz CT molecular complexity index is 472. The molecule has 0 aliphatic rings. The van der Waals surface area contributed by atoms with Crippen molar-refractivity contribution in [3.05, 3.63) is 22.1 Å². The lowest BCUT2D eigenvalue weighted by molar-refractivity contribution is -0.131. The van der Waals surface area contributed by atoms with Crippen molar-refractivity contribution in [2.24, 2.45) is 0 Å². The molecule has 106 valence electrons. The Kier molecular flexibility index (Phi) is 6.01. The molecule has 0 saturated heterocycles. The van der Waals surface area contributed by atoms with Crippen molar-refractivity contribution in [2.75, 3.05) is 25.0 Å². The van der Waals surface area contributed by atoms with Crippen molar-refractivity contribution in [2.45, 2.75) is 26.9 Å². The van der Waals surface area contributed by atoms with Gasteiger partial charge in [-0.1, -0.05) is 0 Å². The fraction of sp³-hybridized carbons (Fsp3) is 0.583. The van der Waals surface area contributed by atoms with Crippen LogP contribution < -0.4 is 16.2 Å². The zero-order valence-electron chi connectivity index (χ0n) is 11.4. The normalized spacial score (nSPS) is 11.9. The molecule has 0 aliphatic carbocycles. The quantitative estimate of drug-likeness (QED) is 0.606. The maximum atomic E-state index is 11.5. The van der Waals surface area contributed by atoms with Crippen LogP contribution in [-0.2, 0) is 9.53 Å². The Balaban J connectivity index is 2.31. The second-order valence-electron chi connectivity index (χ2n) is 4.05. The molecule has 1 rings (SSSR count). The van der Waals surface area contributed by atoms with Crippen LogP contribution >= 0.6 is 0 Å². The van der Waals surface area contributed by atoms with E-state index in [9.17, 15) is 9.59 Å². The Hall–Kier alpha value is -1.89. The van der Waals surface area contributed by atoms with Crippen LogP contribution in [0.5, 0.6) is 0 Å². The molecule has 3 N–H and O–H groups in total. The molecule has 0 bridgehead atoms. The zero-order valence-corrected chi connectivity index (χ0v) is 11.4. The number of carbonyl (C=O) groups excluding carboxylic acids is 1. The predicted octanol–water partition coefficient (Wildman–Crippen LogP) is 0.0314. The number of ether oxygens (including phenoxy) is 1. The summed E-state index contributed by atoms with van der Waals surface area (Å²) in [4.78, 5) is 29.4. The number of amides is 1. The standard InChI is InChI=1S/C12H20N4O3/c1-4-19-9(3)11(18)13-5-6-14-12-15-8(2)7-10(17)16-12/h7,9H,4-6H2,1-3H3,(H,13,18)(H2,14,15,16,17)/t9-/m1/s1. The average Bonchev–Trinajstić information content (AvgIpc) is 2.33. The van der Waals surface area contributed by atoms with Crippen LogP contribution in [0.25, 0.3) is 0 Å². The lowest BCUT2D eigenvalue weighted by Gasteiger charge is -2.12. The summed E-state index contributed by atoms with van der Waals surface area (Å²) in [7, 11) is 0. The summed E-state index contributed by atoms with van der Waals surface area (Å²) in [6, 6.07) is 1.41. The fourth-order valence-electron chi connectivity index (χ4n) is 1.50. The first kappa shape index (κ1) is 15.2. The van der Waals surface area contributed by atoms with Crippen molar-refractivity contribution in [1.82, 2.24) is 15.3 Å². The maximum absolute atomic E-state index is 11.5. The molecule has 0 radical (unpaired) electrons. The monoisotopic (exact) mass is 268 g/mol. The van der Waals surface area contributed by atoms with Gasteiger partial charge >= 0.3 is 0 Å². The molecule has 7 heteroatoms. The number of aromatic amines is 1. The Morgan fingerprint density at radius 1 is 1.53 bits per heavy atom. The number of rotatable bonds is 7. The van der Waals surface area contributed by atoms with E-state index < -0.39 is 6.10 Å². The second-order valence-corrected chi connectivity index (χ2v) is 4.05. The van der Waals surface area contributed by atoms with Gasteiger partial charge in [0.15, 0.2) is 0 Å². The summed E-state index contributed by atoms with van der Waals surface area (Å²) >= 11 is 0. The number of aromatic nitrogens is 2. The van der Waals surface area contributed by atoms with E-state index in [1.165, 1.54) is 6.07 Å². The molecule has 7 nitrogen and oxygen atoms in total. The van der Waals surface area contributed by atoms with Gasteiger partial charge in [-0.2, -0.15) is 0 Å². The van der Waals surface area contributed by atoms with E-state index in [0.717, 1.165) is 0 Å². The van der Waals surface area contributed by atoms with E-state index in [-0.39, 0.29) is 11.5 Å². The third kappa shape index (κ3) is 5.52. The largest absolute Gasteiger partial charge is 0.369 e. The molecular formula is C12H20N4O3. The van der Waals surface area contributed by atoms with Gasteiger partial charge in [0.2, 0.25) is 11.9 Å². The van der Waals surface area contributed by atoms with E-state index in [0.29, 0.717) is 31.3 Å². The molecule has 1 atom stereocenters. The minimum atomic E-state index is -0.457. The molecule has 0 unspecified atom stereocenters. The Morgan fingerprint density at radius 3 is 2.89 bits per heavy atom. The van der Waals surface area contributed by atoms with Crippen molar-refractivity contribution in [3.63, 3.8) is 0 Å². The van der Waals surface area contributed by atoms with E-state index >= 15 is 0 Å². The molecule has 0 saturated carbocycles. The van der Waals surface area contributed by atoms with Gasteiger partial charge in [-0.25, -0.2) is 4.98 Å². The van der Waals surface area contributed by atoms with E-state index in [4.69, 9.17) is 4.74 Å². The van der Waals surface area contributed by atoms with Crippen LogP contribution in [0.1, 0.15) is 19.5 Å². The molecule has 1 heterocycles. The van der Waals surface area contributed by atoms with Crippen LogP contribution in [0.3, 0.4) is 0 Å². The number of anilines is 1. The van der Waals surface area contributed by atoms with Gasteiger partial charge in [-0.05, 0) is 20.8 Å². The number of hydrogen-bond donors (Lipinski definition) is 3. The van der Waals surface area contributed by atoms with Crippen molar-refractivity contribution in [1.29, 1.82) is 0 Å². The summed E-state index contributed by atoms with van der Waals surface area (Å²) < 4.78 is 5.16. The SMILES string of the molecule is CCO[C@H](C)C(=O)NCCNc1nc(C)cc(=O)[nH]1. The van der Waals surface area contributed by atoms with E-state index in [1.807, 2.05) is 6.92 Å². The predicted molar refractivity (Wildman–Crippen MR) is 72.2 cm³/mol. The molecule has 1 amide bonds. The topological polar surface area (TPSA) is 96.1 Å². The third-order valence-corrected chi connectivity index (χ3v) is 2.37. The van der Waals surface area contributed by atoms with E-state index in [2.05, 4.69) is 20.6 Å². The lowest BCUT2D eigenvalue weighted by atomic mass is 10.3. The molecular weight excluding hydrogens is 248 g/mol. The minimum Gasteiger partial charge on any atom is -0.369 e. The molecule has 0 aromatic carbocycles. The van der Waals surface area contributed by atoms with Crippen molar-refractivity contribution >= 4 is 11.9 Å². The lowest BCUT2D eigenvalue weighted by Crippen LogP contribution is -2.37. The Labute approximate surface area is 111 Å². The van der Waals surface area contributed by atoms with Gasteiger partial charge in [-0.15, -0.1) is 0 Å². The highest BCUT2D eigenvalue weighted by Gasteiger charge is 2.10. The first-order chi connectivity index (χ1) is 9.02. The van der Waals surface area contributed by atoms with Gasteiger partial charge in [0.25, 0.3) is 5.56 Å². The molecule has 0 spiro atoms. The highest BCUT2D eigenvalue weighted by atomic mass is 16.5. The molecule has 19 heavy (non-hydrogen) atoms. The first-order valence-electron chi connectivity index (χ1n) is 6.24. The van der Waals surface area contributed by atoms with Crippen LogP contribution in [0, 0.1) is 6.92 Å². The van der Waals surface area contributed by atoms with Crippen molar-refractivity contribution in [3.8, 4) is 0 Å². The number of hydrogen-bond acceptors (Lipinski definition) is 5. The van der Waals surface area contributed by atoms with Crippen LogP contribution in [0.15, 0.2) is 10.9 Å². The molecule has 0 fully saturated rings. The second kappa shape index (κ2) is 7.52. The van der Waals surface area contributed by atoms with Gasteiger partial charge in [0, 0.05) is 31.5 Å². The number of nitrogens with zero attached hydrogens (tertiary/aromatic N) is 1. The summed E-state index contributed by atoms with van der Waals surface area (Å²) in [6.45, 7) is 6.68. The highest BCUT2D eigenvalue weighted by molar-refractivity contribution is 5.80. The summed E-state index contributed by atoms with van der Waals surface area (Å²) in [5, 5.41) is 5.65. The maximum Gasteiger partial charge on any atom is 0.252 e. The van der Waals surface area contributed by atoms with Crippen LogP contribution in [0.4, 0.5) is 5.95 Å². The third-order valence-electron chi connectivity index (χ3n) is 2.37. The number of H-pyrrole nitrogens is 1. The number of nitrogens with one attached hydrogen (secondary N) is 3. The number of carbonyl (C=O) groups is 1. The molecule has 1 aromatic rings. The summed E-state index contributed by atoms with van der Waals surface area (Å²) in [6.07, 6.45) is -0.457. The average molecular weight is 268 g/mol. The minimum absolute atomic E-state index is 0.158. The van der Waals surface area contributed by atoms with Crippen LogP contribution in [0.2, 0.25) is 0 Å². The van der Waals surface area contributed by atoms with Crippen molar-refractivity contribution < 1.29 is 9.53 Å². The van der Waals surface area contributed by atoms with Gasteiger partial charge in [0.05, 0.1) is 0 Å². The summed E-state index contributed by atoms with van der Waals surface area (Å²) in [5.41, 5.74) is 0.434. The first-order valence-corrected chi connectivity index (χ1v) is 6.24. The molecule has 0 aliphatic heterocycles. The number of aryl methyl sites for hydroxylation is 1. The highest BCUT2D eigenvalue weighted by Crippen LogP contribution is 1.94. The Morgan fingerprint density at radius 2 is 2.26 bits per heavy atom. The van der Waals surface area contributed by atoms with Gasteiger partial charge < -0.3 is 15.4 Å². The fourth-order valence-corrected chi connectivity index (χ4v) is 1.50. The van der Waals surface area contributed by atoms with Gasteiger partial charge in [0.1, 0.15) is 6.10 Å². The van der Waals surface area contributed by atoms with Crippen LogP contribution in [-0.4, -0.2) is 41.7 Å². The smallest absolute Gasteiger partial charge is 0.252 e. The summed E-state index contributed by atoms with van der Waals surface area (Å²) in [5.74, 6) is 0.242. The van der Waals surface area contributed by atoms with E-state index in [1.54, 1.807) is 13.8 Å². The zero-order chi connectivity index (χ0) is 14.3. The van der Waals surface area contributed by atoms with Gasteiger partial charge in [-0.3, -0.25) is 14.6 Å². The molecule has 1 aromatic heterocycles.